The number of nitrogens with zero attached hydrogens (tertiary/aromatic N) is 4. The molecule has 134 valence electrons. The Kier molecular flexibility index (Phi) is 4.92. The minimum Gasteiger partial charge on any atom is -0.307 e. The van der Waals surface area contributed by atoms with Crippen LogP contribution >= 0.6 is 0 Å². The van der Waals surface area contributed by atoms with E-state index in [1.165, 1.54) is 10.8 Å². The zero-order valence-corrected chi connectivity index (χ0v) is 14.3. The first-order chi connectivity index (χ1) is 12.4. The predicted molar refractivity (Wildman–Crippen MR) is 93.3 cm³/mol. The second kappa shape index (κ2) is 7.30. The first-order valence-electron chi connectivity index (χ1n) is 7.86. The van der Waals surface area contributed by atoms with Crippen LogP contribution in [0.1, 0.15) is 16.7 Å². The third kappa shape index (κ3) is 4.02. The molecule has 0 aliphatic carbocycles. The number of aryl methyl sites for hydroxylation is 2. The fraction of sp³-hybridized carbons (Fsp3) is 0.167. The van der Waals surface area contributed by atoms with Crippen molar-refractivity contribution < 1.29 is 13.6 Å². The summed E-state index contributed by atoms with van der Waals surface area (Å²) < 4.78 is 30.2. The van der Waals surface area contributed by atoms with E-state index in [0.29, 0.717) is 11.4 Å². The Morgan fingerprint density at radius 3 is 2.81 bits per heavy atom. The summed E-state index contributed by atoms with van der Waals surface area (Å²) in [6.45, 7) is 1.77. The van der Waals surface area contributed by atoms with Crippen molar-refractivity contribution >= 4 is 17.8 Å². The molecule has 1 aromatic carbocycles. The van der Waals surface area contributed by atoms with E-state index in [9.17, 15) is 13.6 Å². The molecule has 8 heteroatoms. The SMILES string of the molecule is Cc1cnn(Cc2cc(F)ccc2F)c1NC(=O)/C=C\c1cnn(C)c1. The van der Waals surface area contributed by atoms with E-state index in [4.69, 9.17) is 0 Å². The molecule has 0 spiro atoms. The van der Waals surface area contributed by atoms with Crippen molar-refractivity contribution in [1.29, 1.82) is 0 Å². The number of amides is 1. The largest absolute Gasteiger partial charge is 0.307 e. The number of benzene rings is 1. The van der Waals surface area contributed by atoms with Crippen LogP contribution in [-0.2, 0) is 18.4 Å². The summed E-state index contributed by atoms with van der Waals surface area (Å²) in [5.41, 5.74) is 1.65. The monoisotopic (exact) mass is 357 g/mol. The number of nitrogens with one attached hydrogen (secondary N) is 1. The van der Waals surface area contributed by atoms with Gasteiger partial charge in [0.25, 0.3) is 0 Å². The topological polar surface area (TPSA) is 64.7 Å². The molecule has 0 fully saturated rings. The summed E-state index contributed by atoms with van der Waals surface area (Å²) in [5.74, 6) is -1.00. The van der Waals surface area contributed by atoms with Gasteiger partial charge in [-0.25, -0.2) is 13.5 Å². The first-order valence-corrected chi connectivity index (χ1v) is 7.86. The number of aromatic nitrogens is 4. The molecule has 3 rings (SSSR count). The highest BCUT2D eigenvalue weighted by Crippen LogP contribution is 2.18. The van der Waals surface area contributed by atoms with Crippen LogP contribution in [0.15, 0.2) is 42.9 Å². The molecule has 0 saturated heterocycles. The standard InChI is InChI=1S/C18H17F2N5O/c1-12-8-22-25(11-14-7-15(19)4-5-16(14)20)18(12)23-17(26)6-3-13-9-21-24(2)10-13/h3-10H,11H2,1-2H3,(H,23,26)/b6-3-. The van der Waals surface area contributed by atoms with Crippen molar-refractivity contribution in [1.82, 2.24) is 19.6 Å². The highest BCUT2D eigenvalue weighted by Gasteiger charge is 2.12. The number of halogens is 2. The third-order valence-electron chi connectivity index (χ3n) is 3.74. The van der Waals surface area contributed by atoms with Gasteiger partial charge in [0.1, 0.15) is 17.5 Å². The molecule has 0 aliphatic rings. The number of rotatable bonds is 5. The van der Waals surface area contributed by atoms with Crippen LogP contribution in [0.5, 0.6) is 0 Å². The molecule has 0 aliphatic heterocycles. The molecule has 26 heavy (non-hydrogen) atoms. The average molecular weight is 357 g/mol. The number of hydrogen-bond acceptors (Lipinski definition) is 3. The average Bonchev–Trinajstić information content (AvgIpc) is 3.16. The highest BCUT2D eigenvalue weighted by molar-refractivity contribution is 6.01. The molecule has 2 aromatic heterocycles. The van der Waals surface area contributed by atoms with Gasteiger partial charge in [-0.2, -0.15) is 10.2 Å². The maximum absolute atomic E-state index is 13.9. The second-order valence-corrected chi connectivity index (χ2v) is 5.84. The van der Waals surface area contributed by atoms with E-state index in [1.54, 1.807) is 43.3 Å². The number of hydrogen-bond donors (Lipinski definition) is 1. The Morgan fingerprint density at radius 1 is 1.27 bits per heavy atom. The fourth-order valence-corrected chi connectivity index (χ4v) is 2.44. The minimum atomic E-state index is -0.534. The first kappa shape index (κ1) is 17.5. The van der Waals surface area contributed by atoms with E-state index >= 15 is 0 Å². The van der Waals surface area contributed by atoms with Crippen LogP contribution in [0.3, 0.4) is 0 Å². The van der Waals surface area contributed by atoms with Gasteiger partial charge in [0.15, 0.2) is 0 Å². The lowest BCUT2D eigenvalue weighted by Gasteiger charge is -2.10. The molecule has 1 N–H and O–H groups in total. The molecule has 3 aromatic rings. The molecule has 0 atom stereocenters. The molecule has 6 nitrogen and oxygen atoms in total. The van der Waals surface area contributed by atoms with Gasteiger partial charge >= 0.3 is 0 Å². The maximum Gasteiger partial charge on any atom is 0.249 e. The Hall–Kier alpha value is -3.29. The van der Waals surface area contributed by atoms with Gasteiger partial charge in [-0.3, -0.25) is 9.48 Å². The molecular formula is C18H17F2N5O. The van der Waals surface area contributed by atoms with E-state index in [-0.39, 0.29) is 18.0 Å². The van der Waals surface area contributed by atoms with Gasteiger partial charge in [0.2, 0.25) is 5.91 Å². The zero-order chi connectivity index (χ0) is 18.7. The molecule has 0 saturated carbocycles. The van der Waals surface area contributed by atoms with Crippen molar-refractivity contribution in [2.75, 3.05) is 5.32 Å². The van der Waals surface area contributed by atoms with Crippen molar-refractivity contribution in [3.05, 3.63) is 71.2 Å². The van der Waals surface area contributed by atoms with Gasteiger partial charge in [0.05, 0.1) is 18.9 Å². The Morgan fingerprint density at radius 2 is 2.08 bits per heavy atom. The lowest BCUT2D eigenvalue weighted by Crippen LogP contribution is -2.15. The van der Waals surface area contributed by atoms with Crippen LogP contribution in [0.25, 0.3) is 6.08 Å². The summed E-state index contributed by atoms with van der Waals surface area (Å²) in [6.07, 6.45) is 7.96. The molecule has 2 heterocycles. The summed E-state index contributed by atoms with van der Waals surface area (Å²) in [4.78, 5) is 12.2. The van der Waals surface area contributed by atoms with Gasteiger partial charge in [-0.1, -0.05) is 0 Å². The van der Waals surface area contributed by atoms with Crippen LogP contribution in [0, 0.1) is 18.6 Å². The Labute approximate surface area is 148 Å². The zero-order valence-electron chi connectivity index (χ0n) is 14.3. The van der Waals surface area contributed by atoms with Gasteiger partial charge in [-0.05, 0) is 31.2 Å². The van der Waals surface area contributed by atoms with Gasteiger partial charge in [-0.15, -0.1) is 0 Å². The number of anilines is 1. The maximum atomic E-state index is 13.9. The van der Waals surface area contributed by atoms with Gasteiger partial charge in [0, 0.05) is 36.0 Å². The van der Waals surface area contributed by atoms with Crippen LogP contribution in [0.2, 0.25) is 0 Å². The van der Waals surface area contributed by atoms with Crippen molar-refractivity contribution in [3.8, 4) is 0 Å². The van der Waals surface area contributed by atoms with E-state index < -0.39 is 11.6 Å². The molecule has 1 amide bonds. The number of carbonyl (C=O) groups excluding carboxylic acids is 1. The molecule has 0 radical (unpaired) electrons. The predicted octanol–water partition coefficient (Wildman–Crippen LogP) is 2.90. The Balaban J connectivity index is 1.76. The normalized spacial score (nSPS) is 11.2. The molecule has 0 unspecified atom stereocenters. The molecular weight excluding hydrogens is 340 g/mol. The van der Waals surface area contributed by atoms with Crippen LogP contribution < -0.4 is 5.32 Å². The van der Waals surface area contributed by atoms with Crippen molar-refractivity contribution in [3.63, 3.8) is 0 Å². The minimum absolute atomic E-state index is 0.000629. The Bertz CT molecular complexity index is 974. The smallest absolute Gasteiger partial charge is 0.249 e. The summed E-state index contributed by atoms with van der Waals surface area (Å²) >= 11 is 0. The highest BCUT2D eigenvalue weighted by atomic mass is 19.1. The summed E-state index contributed by atoms with van der Waals surface area (Å²) in [7, 11) is 1.78. The van der Waals surface area contributed by atoms with Gasteiger partial charge < -0.3 is 5.32 Å². The summed E-state index contributed by atoms with van der Waals surface area (Å²) in [6, 6.07) is 3.23. The third-order valence-corrected chi connectivity index (χ3v) is 3.74. The van der Waals surface area contributed by atoms with E-state index in [1.807, 2.05) is 0 Å². The van der Waals surface area contributed by atoms with Crippen molar-refractivity contribution in [2.24, 2.45) is 7.05 Å². The lowest BCUT2D eigenvalue weighted by atomic mass is 10.2. The summed E-state index contributed by atoms with van der Waals surface area (Å²) in [5, 5.41) is 10.9. The van der Waals surface area contributed by atoms with Crippen LogP contribution in [-0.4, -0.2) is 25.5 Å². The quantitative estimate of drug-likeness (QED) is 0.714. The number of carbonyl (C=O) groups is 1. The molecule has 0 bridgehead atoms. The lowest BCUT2D eigenvalue weighted by molar-refractivity contribution is -0.111. The van der Waals surface area contributed by atoms with E-state index in [2.05, 4.69) is 15.5 Å². The van der Waals surface area contributed by atoms with Crippen LogP contribution in [0.4, 0.5) is 14.6 Å². The van der Waals surface area contributed by atoms with E-state index in [0.717, 1.165) is 23.8 Å². The second-order valence-electron chi connectivity index (χ2n) is 5.84. The fourth-order valence-electron chi connectivity index (χ4n) is 2.44. The van der Waals surface area contributed by atoms with Crippen molar-refractivity contribution in [2.45, 2.75) is 13.5 Å².